The zero-order chi connectivity index (χ0) is 16.4. The van der Waals surface area contributed by atoms with E-state index in [4.69, 9.17) is 9.47 Å². The second-order valence-electron chi connectivity index (χ2n) is 4.81. The number of thiazole rings is 1. The van der Waals surface area contributed by atoms with Gasteiger partial charge in [-0.05, 0) is 22.9 Å². The Labute approximate surface area is 150 Å². The molecule has 0 saturated heterocycles. The monoisotopic (exact) mass is 376 g/mol. The van der Waals surface area contributed by atoms with E-state index in [0.717, 1.165) is 20.3 Å². The maximum absolute atomic E-state index is 12.2. The Morgan fingerprint density at radius 1 is 1.12 bits per heavy atom. The van der Waals surface area contributed by atoms with Gasteiger partial charge in [-0.15, -0.1) is 22.7 Å². The molecule has 1 amide bonds. The molecule has 0 radical (unpaired) electrons. The van der Waals surface area contributed by atoms with E-state index in [1.807, 2.05) is 29.0 Å². The van der Waals surface area contributed by atoms with Crippen LogP contribution in [0.25, 0.3) is 20.3 Å². The van der Waals surface area contributed by atoms with Crippen LogP contribution in [0.15, 0.2) is 47.0 Å². The predicted octanol–water partition coefficient (Wildman–Crippen LogP) is 4.43. The molecule has 0 bridgehead atoms. The number of nitrogens with one attached hydrogen (secondary N) is 1. The summed E-state index contributed by atoms with van der Waals surface area (Å²) in [6, 6.07) is 8.09. The summed E-state index contributed by atoms with van der Waals surface area (Å²) in [6.45, 7) is 0.830. The quantitative estimate of drug-likeness (QED) is 0.732. The van der Waals surface area contributed by atoms with Crippen molar-refractivity contribution >= 4 is 45.0 Å². The number of carbonyl (C=O) groups excluding carboxylic acids is 1. The second-order valence-corrected chi connectivity index (χ2v) is 7.70. The van der Waals surface area contributed by atoms with Crippen LogP contribution in [0.4, 0.5) is 5.13 Å². The average Bonchev–Trinajstić information content (AvgIpc) is 3.36. The van der Waals surface area contributed by atoms with Crippen molar-refractivity contribution in [1.29, 1.82) is 0 Å². The summed E-state index contributed by atoms with van der Waals surface area (Å²) >= 11 is 4.74. The molecule has 4 rings (SSSR count). The molecule has 1 N–H and O–H groups in total. The highest BCUT2D eigenvalue weighted by atomic mass is 32.1. The van der Waals surface area contributed by atoms with Crippen LogP contribution in [-0.2, 0) is 14.3 Å². The van der Waals surface area contributed by atoms with Crippen LogP contribution in [0.1, 0.15) is 0 Å². The number of carbonyl (C=O) groups is 1. The highest BCUT2D eigenvalue weighted by Gasteiger charge is 2.20. The first-order valence-corrected chi connectivity index (χ1v) is 9.73. The molecular formula is C16H12N2O3S3. The first kappa shape index (κ1) is 15.4. The Bertz CT molecular complexity index is 815. The van der Waals surface area contributed by atoms with Crippen molar-refractivity contribution in [1.82, 2.24) is 4.98 Å². The molecule has 3 aromatic heterocycles. The van der Waals surface area contributed by atoms with Crippen molar-refractivity contribution in [2.24, 2.45) is 0 Å². The molecule has 1 aliphatic heterocycles. The lowest BCUT2D eigenvalue weighted by atomic mass is 10.3. The maximum atomic E-state index is 12.2. The van der Waals surface area contributed by atoms with E-state index in [9.17, 15) is 4.79 Å². The number of amides is 1. The Balaban J connectivity index is 1.66. The van der Waals surface area contributed by atoms with Gasteiger partial charge in [-0.25, -0.2) is 4.98 Å². The Morgan fingerprint density at radius 2 is 1.92 bits per heavy atom. The topological polar surface area (TPSA) is 60.5 Å². The van der Waals surface area contributed by atoms with E-state index in [0.29, 0.717) is 18.3 Å². The molecule has 1 aliphatic rings. The molecule has 0 aliphatic carbocycles. The Morgan fingerprint density at radius 3 is 2.58 bits per heavy atom. The predicted molar refractivity (Wildman–Crippen MR) is 97.4 cm³/mol. The SMILES string of the molecule is O=C(Nc1nc(-c2cccs2)c(-c2cccs2)s1)C1=COCCO1. The first-order chi connectivity index (χ1) is 11.8. The molecule has 8 heteroatoms. The molecular weight excluding hydrogens is 364 g/mol. The summed E-state index contributed by atoms with van der Waals surface area (Å²) in [7, 11) is 0. The summed E-state index contributed by atoms with van der Waals surface area (Å²) in [5, 5.41) is 7.39. The van der Waals surface area contributed by atoms with E-state index >= 15 is 0 Å². The van der Waals surface area contributed by atoms with Gasteiger partial charge in [-0.1, -0.05) is 23.5 Å². The number of hydrogen-bond acceptors (Lipinski definition) is 7. The number of aromatic nitrogens is 1. The van der Waals surface area contributed by atoms with Crippen molar-refractivity contribution < 1.29 is 14.3 Å². The number of thiophene rings is 2. The highest BCUT2D eigenvalue weighted by Crippen LogP contribution is 2.42. The number of rotatable bonds is 4. The fourth-order valence-electron chi connectivity index (χ4n) is 2.17. The molecule has 5 nitrogen and oxygen atoms in total. The smallest absolute Gasteiger partial charge is 0.295 e. The van der Waals surface area contributed by atoms with Crippen molar-refractivity contribution in [3.05, 3.63) is 47.0 Å². The van der Waals surface area contributed by atoms with E-state index in [-0.39, 0.29) is 11.7 Å². The molecule has 0 aromatic carbocycles. The fourth-order valence-corrected chi connectivity index (χ4v) is 4.79. The molecule has 0 spiro atoms. The van der Waals surface area contributed by atoms with Crippen LogP contribution in [0, 0.1) is 0 Å². The normalized spacial score (nSPS) is 13.8. The number of hydrogen-bond donors (Lipinski definition) is 1. The lowest BCUT2D eigenvalue weighted by molar-refractivity contribution is -0.117. The molecule has 3 aromatic rings. The largest absolute Gasteiger partial charge is 0.494 e. The van der Waals surface area contributed by atoms with Gasteiger partial charge in [0.25, 0.3) is 5.91 Å². The van der Waals surface area contributed by atoms with Crippen molar-refractivity contribution in [2.75, 3.05) is 18.5 Å². The molecule has 24 heavy (non-hydrogen) atoms. The fraction of sp³-hybridized carbons (Fsp3) is 0.125. The van der Waals surface area contributed by atoms with Crippen molar-refractivity contribution in [3.8, 4) is 20.3 Å². The van der Waals surface area contributed by atoms with Crippen molar-refractivity contribution in [2.45, 2.75) is 0 Å². The van der Waals surface area contributed by atoms with Gasteiger partial charge in [0.05, 0.1) is 9.75 Å². The zero-order valence-electron chi connectivity index (χ0n) is 12.4. The van der Waals surface area contributed by atoms with Crippen LogP contribution in [0.2, 0.25) is 0 Å². The summed E-state index contributed by atoms with van der Waals surface area (Å²) in [6.07, 6.45) is 1.34. The summed E-state index contributed by atoms with van der Waals surface area (Å²) < 4.78 is 10.4. The summed E-state index contributed by atoms with van der Waals surface area (Å²) in [4.78, 5) is 20.1. The summed E-state index contributed by atoms with van der Waals surface area (Å²) in [5.41, 5.74) is 0.891. The van der Waals surface area contributed by atoms with Gasteiger partial charge >= 0.3 is 0 Å². The molecule has 0 unspecified atom stereocenters. The standard InChI is InChI=1S/C16H12N2O3S3/c19-15(10-9-20-5-6-21-10)18-16-17-13(11-3-1-7-22-11)14(24-16)12-4-2-8-23-12/h1-4,7-9H,5-6H2,(H,17,18,19). The van der Waals surface area contributed by atoms with Gasteiger partial charge in [0.1, 0.15) is 25.2 Å². The Hall–Kier alpha value is -2.16. The highest BCUT2D eigenvalue weighted by molar-refractivity contribution is 7.24. The first-order valence-electron chi connectivity index (χ1n) is 7.16. The van der Waals surface area contributed by atoms with Gasteiger partial charge in [0.15, 0.2) is 5.13 Å². The average molecular weight is 376 g/mol. The minimum absolute atomic E-state index is 0.173. The van der Waals surface area contributed by atoms with Gasteiger partial charge in [-0.3, -0.25) is 10.1 Å². The van der Waals surface area contributed by atoms with E-state index in [1.54, 1.807) is 22.7 Å². The van der Waals surface area contributed by atoms with E-state index in [2.05, 4.69) is 16.4 Å². The summed E-state index contributed by atoms with van der Waals surface area (Å²) in [5.74, 6) is -0.175. The van der Waals surface area contributed by atoms with Crippen LogP contribution < -0.4 is 5.32 Å². The van der Waals surface area contributed by atoms with E-state index < -0.39 is 0 Å². The molecule has 4 heterocycles. The number of anilines is 1. The van der Waals surface area contributed by atoms with Gasteiger partial charge in [0.2, 0.25) is 5.76 Å². The van der Waals surface area contributed by atoms with Crippen LogP contribution in [0.3, 0.4) is 0 Å². The zero-order valence-corrected chi connectivity index (χ0v) is 14.8. The van der Waals surface area contributed by atoms with Crippen LogP contribution in [-0.4, -0.2) is 24.1 Å². The van der Waals surface area contributed by atoms with Crippen LogP contribution in [0.5, 0.6) is 0 Å². The van der Waals surface area contributed by atoms with Gasteiger partial charge in [0, 0.05) is 4.88 Å². The van der Waals surface area contributed by atoms with Gasteiger partial charge < -0.3 is 9.47 Å². The lowest BCUT2D eigenvalue weighted by Gasteiger charge is -2.14. The number of nitrogens with zero attached hydrogens (tertiary/aromatic N) is 1. The number of ether oxygens (including phenoxy) is 2. The molecule has 122 valence electrons. The second kappa shape index (κ2) is 6.76. The molecule has 0 atom stereocenters. The third-order valence-corrected chi connectivity index (χ3v) is 6.12. The van der Waals surface area contributed by atoms with Crippen LogP contribution >= 0.6 is 34.0 Å². The lowest BCUT2D eigenvalue weighted by Crippen LogP contribution is -2.21. The minimum Gasteiger partial charge on any atom is -0.494 e. The van der Waals surface area contributed by atoms with E-state index in [1.165, 1.54) is 17.6 Å². The third-order valence-electron chi connectivity index (χ3n) is 3.22. The van der Waals surface area contributed by atoms with Crippen molar-refractivity contribution in [3.63, 3.8) is 0 Å². The Kier molecular flexibility index (Phi) is 4.33. The third kappa shape index (κ3) is 3.08. The maximum Gasteiger partial charge on any atom is 0.295 e. The van der Waals surface area contributed by atoms with Gasteiger partial charge in [-0.2, -0.15) is 0 Å². The molecule has 0 saturated carbocycles. The molecule has 0 fully saturated rings. The minimum atomic E-state index is -0.348.